The molecule has 190 valence electrons. The van der Waals surface area contributed by atoms with Gasteiger partial charge in [-0.1, -0.05) is 35.8 Å². The van der Waals surface area contributed by atoms with Crippen LogP contribution in [0.3, 0.4) is 0 Å². The summed E-state index contributed by atoms with van der Waals surface area (Å²) < 4.78 is 36.5. The number of carboxylic acids is 1. The molecule has 0 aliphatic carbocycles. The zero-order chi connectivity index (χ0) is 26.3. The lowest BCUT2D eigenvalue weighted by molar-refractivity contribution is -0.525. The molecule has 0 aliphatic rings. The molecule has 0 fully saturated rings. The number of rotatable bonds is 10. The molecule has 0 unspecified atom stereocenters. The smallest absolute Gasteiger partial charge is 0.475 e. The molecule has 0 bridgehead atoms. The quantitative estimate of drug-likeness (QED) is 0.0716. The van der Waals surface area contributed by atoms with Crippen molar-refractivity contribution < 1.29 is 42.4 Å². The molecule has 16 heteroatoms. The molecule has 0 aromatic heterocycles. The number of ether oxygens (including phenoxy) is 1. The van der Waals surface area contributed by atoms with Crippen LogP contribution in [0.4, 0.5) is 13.2 Å². The Morgan fingerprint density at radius 3 is 2.29 bits per heavy atom. The summed E-state index contributed by atoms with van der Waals surface area (Å²) in [5.41, 5.74) is 13.7. The maximum atomic E-state index is 12.2. The van der Waals surface area contributed by atoms with E-state index >= 15 is 0 Å². The van der Waals surface area contributed by atoms with Gasteiger partial charge in [0, 0.05) is 13.0 Å². The van der Waals surface area contributed by atoms with Gasteiger partial charge in [-0.15, -0.1) is 0 Å². The number of amides is 1. The molecule has 1 rings (SSSR count). The number of alkyl halides is 3. The highest BCUT2D eigenvalue weighted by Crippen LogP contribution is 2.13. The van der Waals surface area contributed by atoms with Crippen molar-refractivity contribution in [3.8, 4) is 0 Å². The Morgan fingerprint density at radius 2 is 1.82 bits per heavy atom. The number of methoxy groups -OCH3 is 1. The van der Waals surface area contributed by atoms with Crippen LogP contribution in [0.1, 0.15) is 18.4 Å². The fourth-order valence-electron chi connectivity index (χ4n) is 2.23. The number of carboxylic acid groups (broad SMARTS) is 1. The molecule has 7 N–H and O–H groups in total. The minimum Gasteiger partial charge on any atom is -0.475 e. The monoisotopic (exact) mass is 494 g/mol. The van der Waals surface area contributed by atoms with Gasteiger partial charge in [0.25, 0.3) is 5.96 Å². The van der Waals surface area contributed by atoms with Crippen LogP contribution in [0.2, 0.25) is 0 Å². The third-order valence-electron chi connectivity index (χ3n) is 3.83. The minimum atomic E-state index is -5.08. The summed E-state index contributed by atoms with van der Waals surface area (Å²) in [4.78, 5) is 47.0. The molecule has 0 saturated heterocycles. The number of guanidine groups is 1. The van der Waals surface area contributed by atoms with E-state index in [4.69, 9.17) is 26.1 Å². The van der Waals surface area contributed by atoms with Gasteiger partial charge in [0.15, 0.2) is 5.03 Å². The van der Waals surface area contributed by atoms with Crippen molar-refractivity contribution in [1.82, 2.24) is 10.7 Å². The van der Waals surface area contributed by atoms with Gasteiger partial charge in [-0.25, -0.2) is 24.7 Å². The fraction of sp³-hybridized carbons (Fsp3) is 0.444. The van der Waals surface area contributed by atoms with E-state index in [1.165, 1.54) is 7.11 Å². The topological polar surface area (TPSA) is 212 Å². The Bertz CT molecular complexity index is 852. The zero-order valence-corrected chi connectivity index (χ0v) is 17.9. The number of hydrogen-bond acceptors (Lipinski definition) is 8. The number of hydrazine groups is 1. The van der Waals surface area contributed by atoms with Crippen LogP contribution in [-0.4, -0.2) is 65.9 Å². The van der Waals surface area contributed by atoms with Crippen LogP contribution >= 0.6 is 0 Å². The molecule has 0 aliphatic heterocycles. The van der Waals surface area contributed by atoms with Gasteiger partial charge in [0.05, 0.1) is 13.2 Å². The standard InChI is InChI=1S/C16H24N6O5.C2HF3O2/c1-27-15(24)13(10-11-6-3-2-4-7-11)20-14(23)12(17)8-5-9-19-16(18)21-22(25)26;3-2(4,5)1(6)7/h2-4,6-7,12-13H,5,8-10,17H2,1H3,(H,20,23)(H3,18,19,21);(H,6,7)/t12-,13+;/m0./s1. The van der Waals surface area contributed by atoms with Gasteiger partial charge in [-0.3, -0.25) is 4.79 Å². The van der Waals surface area contributed by atoms with Crippen LogP contribution in [0.15, 0.2) is 35.3 Å². The van der Waals surface area contributed by atoms with Crippen LogP contribution < -0.4 is 22.2 Å². The summed E-state index contributed by atoms with van der Waals surface area (Å²) in [5.74, 6) is -4.15. The van der Waals surface area contributed by atoms with Crippen molar-refractivity contribution in [1.29, 1.82) is 0 Å². The van der Waals surface area contributed by atoms with Gasteiger partial charge in [-0.05, 0) is 18.4 Å². The lowest BCUT2D eigenvalue weighted by Crippen LogP contribution is -2.49. The maximum Gasteiger partial charge on any atom is 0.490 e. The predicted octanol–water partition coefficient (Wildman–Crippen LogP) is -0.276. The van der Waals surface area contributed by atoms with Crippen LogP contribution in [0, 0.1) is 10.1 Å². The van der Waals surface area contributed by atoms with Crippen molar-refractivity contribution in [2.24, 2.45) is 16.5 Å². The van der Waals surface area contributed by atoms with E-state index in [0.717, 1.165) is 5.56 Å². The fourth-order valence-corrected chi connectivity index (χ4v) is 2.23. The summed E-state index contributed by atoms with van der Waals surface area (Å²) in [6, 6.07) is 7.46. The molecular weight excluding hydrogens is 469 g/mol. The number of esters is 1. The molecule has 1 aromatic rings. The van der Waals surface area contributed by atoms with Crippen molar-refractivity contribution in [2.75, 3.05) is 13.7 Å². The highest BCUT2D eigenvalue weighted by molar-refractivity contribution is 5.87. The molecule has 0 spiro atoms. The Balaban J connectivity index is 0.00000135. The molecule has 2 atom stereocenters. The lowest BCUT2D eigenvalue weighted by atomic mass is 10.0. The number of nitro groups is 1. The number of nitrogens with two attached hydrogens (primary N) is 2. The Kier molecular flexibility index (Phi) is 13.2. The Morgan fingerprint density at radius 1 is 1.26 bits per heavy atom. The zero-order valence-electron chi connectivity index (χ0n) is 17.9. The van der Waals surface area contributed by atoms with Crippen molar-refractivity contribution in [3.05, 3.63) is 46.0 Å². The lowest BCUT2D eigenvalue weighted by Gasteiger charge is -2.19. The van der Waals surface area contributed by atoms with Crippen molar-refractivity contribution in [2.45, 2.75) is 37.5 Å². The first kappa shape index (κ1) is 30.0. The van der Waals surface area contributed by atoms with Gasteiger partial charge in [0.1, 0.15) is 6.04 Å². The number of aliphatic imine (C=N–C) groups is 1. The third kappa shape index (κ3) is 13.5. The number of nitrogens with one attached hydrogen (secondary N) is 2. The van der Waals surface area contributed by atoms with E-state index in [1.54, 1.807) is 5.43 Å². The van der Waals surface area contributed by atoms with Crippen LogP contribution in [0.5, 0.6) is 0 Å². The SMILES string of the molecule is COC(=O)[C@@H](Cc1ccccc1)NC(=O)[C@@H](N)CCCN=C(N)N[N+](=O)[O-].O=C(O)C(F)(F)F. The highest BCUT2D eigenvalue weighted by atomic mass is 19.4. The van der Waals surface area contributed by atoms with Gasteiger partial charge < -0.3 is 26.6 Å². The second kappa shape index (κ2) is 15.0. The third-order valence-corrected chi connectivity index (χ3v) is 3.83. The van der Waals surface area contributed by atoms with E-state index in [-0.39, 0.29) is 25.3 Å². The molecule has 0 heterocycles. The van der Waals surface area contributed by atoms with Gasteiger partial charge in [0.2, 0.25) is 5.91 Å². The number of halogens is 3. The molecule has 1 amide bonds. The first-order chi connectivity index (χ1) is 15.8. The van der Waals surface area contributed by atoms with Crippen LogP contribution in [-0.2, 0) is 25.5 Å². The first-order valence-electron chi connectivity index (χ1n) is 9.46. The average Bonchev–Trinajstić information content (AvgIpc) is 2.75. The minimum absolute atomic E-state index is 0.165. The second-order valence-electron chi connectivity index (χ2n) is 6.46. The maximum absolute atomic E-state index is 12.2. The van der Waals surface area contributed by atoms with Crippen molar-refractivity contribution >= 4 is 23.8 Å². The normalized spacial score (nSPS) is 12.9. The van der Waals surface area contributed by atoms with E-state index in [1.807, 2.05) is 30.3 Å². The Labute approximate surface area is 191 Å². The van der Waals surface area contributed by atoms with Gasteiger partial charge >= 0.3 is 18.1 Å². The number of nitrogens with zero attached hydrogens (tertiary/aromatic N) is 2. The average molecular weight is 494 g/mol. The number of aliphatic carboxylic acids is 1. The summed E-state index contributed by atoms with van der Waals surface area (Å²) in [6.07, 6.45) is -4.16. The number of carbonyl (C=O) groups is 3. The molecule has 34 heavy (non-hydrogen) atoms. The van der Waals surface area contributed by atoms with E-state index in [0.29, 0.717) is 6.42 Å². The van der Waals surface area contributed by atoms with E-state index in [2.05, 4.69) is 10.3 Å². The summed E-state index contributed by atoms with van der Waals surface area (Å²) in [6.45, 7) is 0.165. The highest BCUT2D eigenvalue weighted by Gasteiger charge is 2.38. The largest absolute Gasteiger partial charge is 0.490 e. The number of benzene rings is 1. The summed E-state index contributed by atoms with van der Waals surface area (Å²) in [5, 5.41) is 19.1. The molecular formula is C18H25F3N6O7. The Hall–Kier alpha value is -3.95. The van der Waals surface area contributed by atoms with E-state index in [9.17, 15) is 32.9 Å². The molecule has 0 saturated carbocycles. The summed E-state index contributed by atoms with van der Waals surface area (Å²) >= 11 is 0. The summed E-state index contributed by atoms with van der Waals surface area (Å²) in [7, 11) is 1.24. The predicted molar refractivity (Wildman–Crippen MR) is 112 cm³/mol. The number of hydrogen-bond donors (Lipinski definition) is 5. The molecule has 13 nitrogen and oxygen atoms in total. The van der Waals surface area contributed by atoms with Gasteiger partial charge in [-0.2, -0.15) is 13.2 Å². The van der Waals surface area contributed by atoms with Crippen LogP contribution in [0.25, 0.3) is 0 Å². The second-order valence-corrected chi connectivity index (χ2v) is 6.46. The molecule has 1 aromatic carbocycles. The number of carbonyl (C=O) groups excluding carboxylic acids is 2. The van der Waals surface area contributed by atoms with Crippen molar-refractivity contribution in [3.63, 3.8) is 0 Å². The van der Waals surface area contributed by atoms with E-state index < -0.39 is 41.1 Å². The first-order valence-corrected chi connectivity index (χ1v) is 9.46. The molecule has 0 radical (unpaired) electrons.